The highest BCUT2D eigenvalue weighted by molar-refractivity contribution is 7.27. The fraction of sp³-hybridized carbons (Fsp3) is 0. The lowest BCUT2D eigenvalue weighted by Gasteiger charge is -2.13. The van der Waals surface area contributed by atoms with Crippen molar-refractivity contribution in [2.24, 2.45) is 0 Å². The molecule has 0 unspecified atom stereocenters. The number of hydrogen-bond donors (Lipinski definition) is 0. The van der Waals surface area contributed by atoms with Crippen LogP contribution in [-0.2, 0) is 0 Å². The van der Waals surface area contributed by atoms with Gasteiger partial charge in [-0.15, -0.1) is 11.3 Å². The number of fused-ring (bicyclic) bond motifs is 16. The second kappa shape index (κ2) is 10.0. The zero-order valence-electron chi connectivity index (χ0n) is 27.1. The van der Waals surface area contributed by atoms with E-state index in [-0.39, 0.29) is 0 Å². The van der Waals surface area contributed by atoms with E-state index in [1.54, 1.807) is 0 Å². The summed E-state index contributed by atoms with van der Waals surface area (Å²) < 4.78 is 11.6. The number of rotatable bonds is 2. The van der Waals surface area contributed by atoms with Crippen molar-refractivity contribution < 1.29 is 4.42 Å². The fourth-order valence-electron chi connectivity index (χ4n) is 8.44. The molecule has 0 bridgehead atoms. The lowest BCUT2D eigenvalue weighted by Crippen LogP contribution is -2.03. The van der Waals surface area contributed by atoms with Crippen LogP contribution in [0.2, 0.25) is 0 Å². The number of hydrogen-bond acceptors (Lipinski definition) is 4. The van der Waals surface area contributed by atoms with Crippen LogP contribution in [-0.4, -0.2) is 14.5 Å². The molecule has 0 N–H and O–H groups in total. The second-order valence-corrected chi connectivity index (χ2v) is 14.3. The SMILES string of the molecule is c1ccc2c(c1)cc(-c1nc(-n3c4ccccc4c4c5c6ccccc6sc5c5ccccc5c43)nc3c1oc1ccccc13)c1ccccc12. The molecule has 0 amide bonds. The average molecular weight is 668 g/mol. The van der Waals surface area contributed by atoms with Crippen molar-refractivity contribution in [1.29, 1.82) is 0 Å². The Morgan fingerprint density at radius 2 is 1.16 bits per heavy atom. The fourth-order valence-corrected chi connectivity index (χ4v) is 9.69. The summed E-state index contributed by atoms with van der Waals surface area (Å²) in [4.78, 5) is 11.0. The van der Waals surface area contributed by atoms with Crippen molar-refractivity contribution in [3.05, 3.63) is 152 Å². The van der Waals surface area contributed by atoms with Gasteiger partial charge in [-0.2, -0.15) is 0 Å². The largest absolute Gasteiger partial charge is 0.452 e. The van der Waals surface area contributed by atoms with Crippen molar-refractivity contribution in [3.63, 3.8) is 0 Å². The van der Waals surface area contributed by atoms with Gasteiger partial charge in [0.2, 0.25) is 5.95 Å². The molecule has 0 spiro atoms. The van der Waals surface area contributed by atoms with Crippen LogP contribution in [0.15, 0.2) is 156 Å². The van der Waals surface area contributed by atoms with Gasteiger partial charge < -0.3 is 4.42 Å². The molecule has 4 heterocycles. The first-order valence-electron chi connectivity index (χ1n) is 17.2. The molecule has 0 aliphatic heterocycles. The molecule has 236 valence electrons. The maximum Gasteiger partial charge on any atom is 0.236 e. The topological polar surface area (TPSA) is 43.9 Å². The number of aromatic nitrogens is 3. The lowest BCUT2D eigenvalue weighted by molar-refractivity contribution is 0.666. The van der Waals surface area contributed by atoms with Gasteiger partial charge in [0.1, 0.15) is 16.8 Å². The third-order valence-corrected chi connectivity index (χ3v) is 11.8. The van der Waals surface area contributed by atoms with Crippen LogP contribution in [0.3, 0.4) is 0 Å². The number of para-hydroxylation sites is 2. The summed E-state index contributed by atoms with van der Waals surface area (Å²) >= 11 is 1.87. The Morgan fingerprint density at radius 1 is 0.510 bits per heavy atom. The Bertz CT molecular complexity index is 3440. The summed E-state index contributed by atoms with van der Waals surface area (Å²) in [7, 11) is 0. The quantitative estimate of drug-likeness (QED) is 0.172. The molecule has 0 saturated heterocycles. The van der Waals surface area contributed by atoms with Crippen molar-refractivity contribution >= 4 is 108 Å². The molecule has 0 radical (unpaired) electrons. The van der Waals surface area contributed by atoms with E-state index >= 15 is 0 Å². The summed E-state index contributed by atoms with van der Waals surface area (Å²) in [6.45, 7) is 0. The number of benzene rings is 8. The first-order chi connectivity index (χ1) is 25.3. The molecule has 0 fully saturated rings. The predicted molar refractivity (Wildman–Crippen MR) is 214 cm³/mol. The van der Waals surface area contributed by atoms with E-state index in [1.807, 2.05) is 23.5 Å². The van der Waals surface area contributed by atoms with Crippen molar-refractivity contribution in [2.45, 2.75) is 0 Å². The standard InChI is InChI=1S/C46H25N3OS/c1-2-14-27-26(13-1)25-35(29-16-4-3-15-28(27)29)42-44-41(33-20-8-11-23-37(33)50-44)47-46(48-42)49-36-22-10-7-19-32(36)39-40-34-21-9-12-24-38(34)51-45(40)31-18-6-5-17-30(31)43(39)49/h1-25H. The summed E-state index contributed by atoms with van der Waals surface area (Å²) in [5.41, 5.74) is 6.28. The van der Waals surface area contributed by atoms with Gasteiger partial charge in [-0.1, -0.05) is 121 Å². The van der Waals surface area contributed by atoms with Gasteiger partial charge in [-0.3, -0.25) is 4.57 Å². The molecular weight excluding hydrogens is 643 g/mol. The van der Waals surface area contributed by atoms with E-state index < -0.39 is 0 Å². The molecule has 0 aliphatic carbocycles. The molecule has 51 heavy (non-hydrogen) atoms. The van der Waals surface area contributed by atoms with E-state index in [1.165, 1.54) is 52.5 Å². The molecule has 12 rings (SSSR count). The first-order valence-corrected chi connectivity index (χ1v) is 18.0. The first kappa shape index (κ1) is 27.3. The van der Waals surface area contributed by atoms with Crippen molar-refractivity contribution in [2.75, 3.05) is 0 Å². The van der Waals surface area contributed by atoms with Gasteiger partial charge in [-0.05, 0) is 51.9 Å². The minimum Gasteiger partial charge on any atom is -0.452 e. The van der Waals surface area contributed by atoms with E-state index in [0.717, 1.165) is 49.5 Å². The molecular formula is C46H25N3OS. The highest BCUT2D eigenvalue weighted by Crippen LogP contribution is 2.48. The third kappa shape index (κ3) is 3.63. The van der Waals surface area contributed by atoms with Crippen LogP contribution < -0.4 is 0 Å². The predicted octanol–water partition coefficient (Wildman–Crippen LogP) is 13.0. The monoisotopic (exact) mass is 667 g/mol. The highest BCUT2D eigenvalue weighted by Gasteiger charge is 2.25. The average Bonchev–Trinajstić information content (AvgIpc) is 3.87. The third-order valence-electron chi connectivity index (χ3n) is 10.6. The van der Waals surface area contributed by atoms with Crippen LogP contribution in [0.1, 0.15) is 0 Å². The van der Waals surface area contributed by atoms with Crippen molar-refractivity contribution in [1.82, 2.24) is 14.5 Å². The molecule has 5 heteroatoms. The molecule has 12 aromatic rings. The zero-order chi connectivity index (χ0) is 33.2. The van der Waals surface area contributed by atoms with Crippen LogP contribution in [0, 0.1) is 0 Å². The Labute approximate surface area is 294 Å². The van der Waals surface area contributed by atoms with E-state index in [2.05, 4.69) is 144 Å². The molecule has 4 nitrogen and oxygen atoms in total. The smallest absolute Gasteiger partial charge is 0.236 e. The van der Waals surface area contributed by atoms with Gasteiger partial charge in [0, 0.05) is 52.7 Å². The molecule has 0 saturated carbocycles. The van der Waals surface area contributed by atoms with E-state index in [9.17, 15) is 0 Å². The lowest BCUT2D eigenvalue weighted by atomic mass is 9.95. The van der Waals surface area contributed by atoms with Crippen molar-refractivity contribution in [3.8, 4) is 17.2 Å². The highest BCUT2D eigenvalue weighted by atomic mass is 32.1. The Kier molecular flexibility index (Phi) is 5.35. The molecule has 0 aliphatic rings. The van der Waals surface area contributed by atoms with Crippen LogP contribution in [0.4, 0.5) is 0 Å². The normalized spacial score (nSPS) is 12.3. The van der Waals surface area contributed by atoms with Crippen LogP contribution in [0.25, 0.3) is 114 Å². The Hall–Kier alpha value is -6.56. The number of furan rings is 1. The van der Waals surface area contributed by atoms with Gasteiger partial charge >= 0.3 is 0 Å². The van der Waals surface area contributed by atoms with Gasteiger partial charge in [0.05, 0.1) is 11.0 Å². The Morgan fingerprint density at radius 3 is 2.02 bits per heavy atom. The number of nitrogens with zero attached hydrogens (tertiary/aromatic N) is 3. The van der Waals surface area contributed by atoms with Gasteiger partial charge in [0.15, 0.2) is 5.58 Å². The second-order valence-electron chi connectivity index (χ2n) is 13.3. The van der Waals surface area contributed by atoms with Crippen LogP contribution >= 0.6 is 11.3 Å². The van der Waals surface area contributed by atoms with Gasteiger partial charge in [-0.25, -0.2) is 9.97 Å². The summed E-state index contributed by atoms with van der Waals surface area (Å²) in [6, 6.07) is 53.9. The number of thiophene rings is 1. The molecule has 0 atom stereocenters. The minimum absolute atomic E-state index is 0.622. The summed E-state index contributed by atoms with van der Waals surface area (Å²) in [5.74, 6) is 0.622. The maximum absolute atomic E-state index is 6.68. The minimum atomic E-state index is 0.622. The van der Waals surface area contributed by atoms with E-state index in [0.29, 0.717) is 11.5 Å². The Balaban J connectivity index is 1.31. The van der Waals surface area contributed by atoms with E-state index in [4.69, 9.17) is 14.4 Å². The maximum atomic E-state index is 6.68. The molecule has 4 aromatic heterocycles. The zero-order valence-corrected chi connectivity index (χ0v) is 27.9. The van der Waals surface area contributed by atoms with Gasteiger partial charge in [0.25, 0.3) is 0 Å². The summed E-state index contributed by atoms with van der Waals surface area (Å²) in [5, 5.41) is 13.1. The summed E-state index contributed by atoms with van der Waals surface area (Å²) in [6.07, 6.45) is 0. The van der Waals surface area contributed by atoms with Crippen LogP contribution in [0.5, 0.6) is 0 Å². The molecule has 8 aromatic carbocycles.